The molecule has 6 heteroatoms. The zero-order valence-electron chi connectivity index (χ0n) is 15.1. The summed E-state index contributed by atoms with van der Waals surface area (Å²) in [5.41, 5.74) is 7.43. The molecular formula is C22H16ClN5. The molecule has 0 aliphatic heterocycles. The number of aromatic amines is 1. The van der Waals surface area contributed by atoms with Crippen LogP contribution in [0.15, 0.2) is 72.9 Å². The molecule has 3 aromatic heterocycles. The van der Waals surface area contributed by atoms with Gasteiger partial charge in [0, 0.05) is 21.8 Å². The van der Waals surface area contributed by atoms with Crippen LogP contribution < -0.4 is 0 Å². The van der Waals surface area contributed by atoms with Crippen LogP contribution in [0.2, 0.25) is 5.02 Å². The predicted octanol–water partition coefficient (Wildman–Crippen LogP) is 5.42. The summed E-state index contributed by atoms with van der Waals surface area (Å²) in [7, 11) is 0. The first kappa shape index (κ1) is 16.7. The maximum absolute atomic E-state index is 6.02. The van der Waals surface area contributed by atoms with Crippen molar-refractivity contribution in [3.63, 3.8) is 0 Å². The van der Waals surface area contributed by atoms with Crippen LogP contribution in [0.25, 0.3) is 39.4 Å². The fourth-order valence-corrected chi connectivity index (χ4v) is 3.41. The Morgan fingerprint density at radius 1 is 0.893 bits per heavy atom. The number of rotatable bonds is 3. The minimum absolute atomic E-state index is 0.706. The number of nitrogens with one attached hydrogen (secondary N) is 1. The van der Waals surface area contributed by atoms with Gasteiger partial charge in [-0.15, -0.1) is 0 Å². The zero-order chi connectivity index (χ0) is 19.1. The maximum Gasteiger partial charge on any atom is 0.165 e. The van der Waals surface area contributed by atoms with Gasteiger partial charge >= 0.3 is 0 Å². The van der Waals surface area contributed by atoms with Gasteiger partial charge in [-0.25, -0.2) is 9.50 Å². The smallest absolute Gasteiger partial charge is 0.165 e. The van der Waals surface area contributed by atoms with Gasteiger partial charge in [-0.1, -0.05) is 54.1 Å². The normalized spacial score (nSPS) is 11.2. The third-order valence-electron chi connectivity index (χ3n) is 4.73. The van der Waals surface area contributed by atoms with Crippen LogP contribution in [-0.2, 0) is 0 Å². The number of nitrogens with zero attached hydrogens (tertiary/aromatic N) is 4. The number of halogens is 1. The van der Waals surface area contributed by atoms with Crippen molar-refractivity contribution in [2.75, 3.05) is 0 Å². The molecule has 28 heavy (non-hydrogen) atoms. The van der Waals surface area contributed by atoms with Gasteiger partial charge < -0.3 is 0 Å². The van der Waals surface area contributed by atoms with Crippen molar-refractivity contribution in [3.05, 3.63) is 83.6 Å². The number of hydrogen-bond acceptors (Lipinski definition) is 3. The lowest BCUT2D eigenvalue weighted by Crippen LogP contribution is -1.98. The van der Waals surface area contributed by atoms with Crippen LogP contribution in [0.4, 0.5) is 0 Å². The Morgan fingerprint density at radius 3 is 2.43 bits per heavy atom. The summed E-state index contributed by atoms with van der Waals surface area (Å²) in [6, 6.07) is 21.8. The van der Waals surface area contributed by atoms with E-state index >= 15 is 0 Å². The number of hydrogen-bond donors (Lipinski definition) is 1. The summed E-state index contributed by atoms with van der Waals surface area (Å²) in [4.78, 5) is 4.86. The standard InChI is InChI=1S/C22H16ClN5/c1-14-11-19(16-7-9-17(23)10-8-16)25-22-18(13-24-28(14)22)21-12-20(26-27-21)15-5-3-2-4-6-15/h2-13H,1H3,(H,26,27). The lowest BCUT2D eigenvalue weighted by atomic mass is 10.1. The SMILES string of the molecule is Cc1cc(-c2ccc(Cl)cc2)nc2c(-c3cc(-c4ccccc4)n[nH]3)cnn12. The minimum atomic E-state index is 0.706. The summed E-state index contributed by atoms with van der Waals surface area (Å²) in [5, 5.41) is 12.8. The molecule has 0 fully saturated rings. The first-order valence-electron chi connectivity index (χ1n) is 8.91. The molecule has 2 aromatic carbocycles. The lowest BCUT2D eigenvalue weighted by molar-refractivity contribution is 0.896. The van der Waals surface area contributed by atoms with E-state index in [1.54, 1.807) is 0 Å². The molecule has 0 unspecified atom stereocenters. The quantitative estimate of drug-likeness (QED) is 0.451. The molecule has 0 saturated heterocycles. The Morgan fingerprint density at radius 2 is 1.64 bits per heavy atom. The second-order valence-corrected chi connectivity index (χ2v) is 7.05. The Balaban J connectivity index is 1.63. The Hall–Kier alpha value is -3.44. The molecule has 0 bridgehead atoms. The van der Waals surface area contributed by atoms with Gasteiger partial charge in [0.05, 0.1) is 28.8 Å². The summed E-state index contributed by atoms with van der Waals surface area (Å²) >= 11 is 6.02. The molecule has 0 radical (unpaired) electrons. The van der Waals surface area contributed by atoms with E-state index < -0.39 is 0 Å². The van der Waals surface area contributed by atoms with E-state index in [1.165, 1.54) is 0 Å². The highest BCUT2D eigenvalue weighted by Crippen LogP contribution is 2.29. The van der Waals surface area contributed by atoms with Crippen LogP contribution in [0, 0.1) is 6.92 Å². The number of fused-ring (bicyclic) bond motifs is 1. The van der Waals surface area contributed by atoms with Crippen molar-refractivity contribution in [2.45, 2.75) is 6.92 Å². The van der Waals surface area contributed by atoms with E-state index in [-0.39, 0.29) is 0 Å². The monoisotopic (exact) mass is 385 g/mol. The van der Waals surface area contributed by atoms with Gasteiger partial charge in [0.2, 0.25) is 0 Å². The second kappa shape index (κ2) is 6.62. The van der Waals surface area contributed by atoms with Gasteiger partial charge in [-0.2, -0.15) is 10.2 Å². The molecule has 0 aliphatic carbocycles. The molecule has 0 spiro atoms. The van der Waals surface area contributed by atoms with E-state index in [1.807, 2.05) is 84.4 Å². The molecule has 0 aliphatic rings. The fraction of sp³-hybridized carbons (Fsp3) is 0.0455. The van der Waals surface area contributed by atoms with Crippen LogP contribution in [-0.4, -0.2) is 24.8 Å². The van der Waals surface area contributed by atoms with Gasteiger partial charge in [-0.3, -0.25) is 5.10 Å². The number of benzene rings is 2. The van der Waals surface area contributed by atoms with E-state index in [4.69, 9.17) is 16.6 Å². The number of aromatic nitrogens is 5. The van der Waals surface area contributed by atoms with E-state index in [0.29, 0.717) is 5.02 Å². The van der Waals surface area contributed by atoms with Crippen molar-refractivity contribution in [3.8, 4) is 33.8 Å². The highest BCUT2D eigenvalue weighted by atomic mass is 35.5. The third kappa shape index (κ3) is 2.86. The van der Waals surface area contributed by atoms with Crippen molar-refractivity contribution in [1.82, 2.24) is 24.8 Å². The van der Waals surface area contributed by atoms with Gasteiger partial charge in [0.25, 0.3) is 0 Å². The fourth-order valence-electron chi connectivity index (χ4n) is 3.29. The van der Waals surface area contributed by atoms with Gasteiger partial charge in [0.15, 0.2) is 5.65 Å². The number of H-pyrrole nitrogens is 1. The highest BCUT2D eigenvalue weighted by Gasteiger charge is 2.15. The van der Waals surface area contributed by atoms with Crippen molar-refractivity contribution in [1.29, 1.82) is 0 Å². The van der Waals surface area contributed by atoms with Gasteiger partial charge in [0.1, 0.15) is 0 Å². The molecular weight excluding hydrogens is 370 g/mol. The van der Waals surface area contributed by atoms with Crippen molar-refractivity contribution >= 4 is 17.2 Å². The number of aryl methyl sites for hydroxylation is 1. The van der Waals surface area contributed by atoms with Crippen molar-refractivity contribution < 1.29 is 0 Å². The first-order chi connectivity index (χ1) is 13.7. The second-order valence-electron chi connectivity index (χ2n) is 6.62. The molecule has 0 amide bonds. The van der Waals surface area contributed by atoms with Crippen molar-refractivity contribution in [2.24, 2.45) is 0 Å². The molecule has 5 aromatic rings. The third-order valence-corrected chi connectivity index (χ3v) is 4.98. The van der Waals surface area contributed by atoms with Gasteiger partial charge in [-0.05, 0) is 31.2 Å². The molecule has 5 rings (SSSR count). The summed E-state index contributed by atoms with van der Waals surface area (Å²) in [5.74, 6) is 0. The van der Waals surface area contributed by atoms with E-state index in [0.717, 1.165) is 45.1 Å². The molecule has 136 valence electrons. The van der Waals surface area contributed by atoms with Crippen LogP contribution >= 0.6 is 11.6 Å². The minimum Gasteiger partial charge on any atom is -0.277 e. The molecule has 5 nitrogen and oxygen atoms in total. The van der Waals surface area contributed by atoms with E-state index in [2.05, 4.69) is 15.3 Å². The topological polar surface area (TPSA) is 58.9 Å². The Kier molecular flexibility index (Phi) is 3.95. The Labute approximate surface area is 166 Å². The van der Waals surface area contributed by atoms with Crippen LogP contribution in [0.5, 0.6) is 0 Å². The summed E-state index contributed by atoms with van der Waals surface area (Å²) in [6.07, 6.45) is 1.82. The molecule has 0 atom stereocenters. The summed E-state index contributed by atoms with van der Waals surface area (Å²) < 4.78 is 1.85. The zero-order valence-corrected chi connectivity index (χ0v) is 15.9. The van der Waals surface area contributed by atoms with Crippen LogP contribution in [0.1, 0.15) is 5.69 Å². The van der Waals surface area contributed by atoms with Crippen LogP contribution in [0.3, 0.4) is 0 Å². The summed E-state index contributed by atoms with van der Waals surface area (Å²) in [6.45, 7) is 2.02. The average molecular weight is 386 g/mol. The van der Waals surface area contributed by atoms with E-state index in [9.17, 15) is 0 Å². The maximum atomic E-state index is 6.02. The largest absolute Gasteiger partial charge is 0.277 e. The Bertz CT molecular complexity index is 1270. The highest BCUT2D eigenvalue weighted by molar-refractivity contribution is 6.30. The molecule has 1 N–H and O–H groups in total. The average Bonchev–Trinajstić information content (AvgIpc) is 3.36. The molecule has 0 saturated carbocycles. The first-order valence-corrected chi connectivity index (χ1v) is 9.29. The lowest BCUT2D eigenvalue weighted by Gasteiger charge is -2.06. The predicted molar refractivity (Wildman–Crippen MR) is 111 cm³/mol. The molecule has 3 heterocycles.